The summed E-state index contributed by atoms with van der Waals surface area (Å²) in [5.74, 6) is 1.06. The molecule has 0 aromatic rings. The van der Waals surface area contributed by atoms with Gasteiger partial charge >= 0.3 is 12.1 Å². The molecule has 1 fully saturated rings. The van der Waals surface area contributed by atoms with Gasteiger partial charge in [-0.3, -0.25) is 4.79 Å². The van der Waals surface area contributed by atoms with Crippen molar-refractivity contribution in [2.45, 2.75) is 51.7 Å². The number of carbonyl (C=O) groups is 2. The van der Waals surface area contributed by atoms with E-state index >= 15 is 0 Å². The molecule has 1 amide bonds. The van der Waals surface area contributed by atoms with Crippen LogP contribution in [0.15, 0.2) is 0 Å². The van der Waals surface area contributed by atoms with E-state index < -0.39 is 17.7 Å². The lowest BCUT2D eigenvalue weighted by Gasteiger charge is -2.27. The zero-order chi connectivity index (χ0) is 14.5. The minimum Gasteiger partial charge on any atom is -0.481 e. The van der Waals surface area contributed by atoms with Crippen molar-refractivity contribution < 1.29 is 19.4 Å². The number of amides is 1. The van der Waals surface area contributed by atoms with Crippen molar-refractivity contribution in [1.29, 1.82) is 0 Å². The van der Waals surface area contributed by atoms with E-state index in [4.69, 9.17) is 9.84 Å². The van der Waals surface area contributed by atoms with E-state index in [1.807, 2.05) is 20.8 Å². The molecule has 0 spiro atoms. The molecule has 0 unspecified atom stereocenters. The van der Waals surface area contributed by atoms with Gasteiger partial charge in [0.25, 0.3) is 0 Å². The molecule has 0 radical (unpaired) electrons. The van der Waals surface area contributed by atoms with Gasteiger partial charge in [0.05, 0.1) is 6.42 Å². The molecule has 0 aliphatic carbocycles. The van der Waals surface area contributed by atoms with Gasteiger partial charge in [0, 0.05) is 6.04 Å². The van der Waals surface area contributed by atoms with Crippen molar-refractivity contribution in [2.24, 2.45) is 5.92 Å². The van der Waals surface area contributed by atoms with Crippen molar-refractivity contribution in [2.75, 3.05) is 11.5 Å². The van der Waals surface area contributed by atoms with Crippen molar-refractivity contribution in [1.82, 2.24) is 5.32 Å². The smallest absolute Gasteiger partial charge is 0.407 e. The number of aliphatic carboxylic acids is 1. The fourth-order valence-electron chi connectivity index (χ4n) is 2.10. The summed E-state index contributed by atoms with van der Waals surface area (Å²) in [6, 6.07) is -0.110. The van der Waals surface area contributed by atoms with Gasteiger partial charge in [0.2, 0.25) is 0 Å². The Morgan fingerprint density at radius 1 is 1.32 bits per heavy atom. The van der Waals surface area contributed by atoms with Gasteiger partial charge in [-0.2, -0.15) is 11.8 Å². The van der Waals surface area contributed by atoms with Crippen molar-refractivity contribution in [3.05, 3.63) is 0 Å². The Balaban J connectivity index is 2.59. The van der Waals surface area contributed by atoms with Crippen LogP contribution in [0.1, 0.15) is 40.0 Å². The average Bonchev–Trinajstić information content (AvgIpc) is 2.41. The van der Waals surface area contributed by atoms with Crippen LogP contribution in [0.2, 0.25) is 0 Å². The van der Waals surface area contributed by atoms with Crippen LogP contribution in [0.4, 0.5) is 4.79 Å². The first-order chi connectivity index (χ1) is 8.78. The maximum absolute atomic E-state index is 11.8. The van der Waals surface area contributed by atoms with Gasteiger partial charge in [0.15, 0.2) is 0 Å². The predicted molar refractivity (Wildman–Crippen MR) is 75.5 cm³/mol. The number of alkyl carbamates (subject to hydrolysis) is 1. The minimum absolute atomic E-state index is 0.0139. The summed E-state index contributed by atoms with van der Waals surface area (Å²) in [4.78, 5) is 22.7. The summed E-state index contributed by atoms with van der Waals surface area (Å²) in [6.07, 6.45) is 1.25. The Hall–Kier alpha value is -0.910. The molecule has 1 rings (SSSR count). The highest BCUT2D eigenvalue weighted by molar-refractivity contribution is 7.99. The number of rotatable bonds is 3. The third-order valence-electron chi connectivity index (χ3n) is 2.91. The van der Waals surface area contributed by atoms with Gasteiger partial charge in [-0.25, -0.2) is 4.79 Å². The number of ether oxygens (including phenoxy) is 1. The molecule has 1 aliphatic rings. The second kappa shape index (κ2) is 7.03. The second-order valence-electron chi connectivity index (χ2n) is 5.80. The summed E-state index contributed by atoms with van der Waals surface area (Å²) >= 11 is 1.81. The highest BCUT2D eigenvalue weighted by Crippen LogP contribution is 2.25. The normalized spacial score (nSPS) is 24.4. The predicted octanol–water partition coefficient (Wildman–Crippen LogP) is 2.50. The number of carboxylic acid groups (broad SMARTS) is 1. The SMILES string of the molecule is CC(C)(C)OC(=O)N[C@@H]1CCSCC[C@H]1CC(=O)O. The van der Waals surface area contributed by atoms with E-state index in [0.717, 1.165) is 24.3 Å². The van der Waals surface area contributed by atoms with Gasteiger partial charge < -0.3 is 15.2 Å². The van der Waals surface area contributed by atoms with E-state index in [0.29, 0.717) is 0 Å². The second-order valence-corrected chi connectivity index (χ2v) is 7.03. The highest BCUT2D eigenvalue weighted by Gasteiger charge is 2.28. The number of hydrogen-bond acceptors (Lipinski definition) is 4. The van der Waals surface area contributed by atoms with Gasteiger partial charge in [-0.15, -0.1) is 0 Å². The first-order valence-electron chi connectivity index (χ1n) is 6.57. The Bertz CT molecular complexity index is 327. The zero-order valence-electron chi connectivity index (χ0n) is 11.8. The lowest BCUT2D eigenvalue weighted by atomic mass is 9.92. The third kappa shape index (κ3) is 6.71. The van der Waals surface area contributed by atoms with E-state index in [1.54, 1.807) is 11.8 Å². The van der Waals surface area contributed by atoms with Gasteiger partial charge in [-0.1, -0.05) is 0 Å². The van der Waals surface area contributed by atoms with Crippen molar-refractivity contribution in [3.8, 4) is 0 Å². The Kier molecular flexibility index (Phi) is 5.97. The average molecular weight is 289 g/mol. The molecule has 1 saturated heterocycles. The molecular weight excluding hydrogens is 266 g/mol. The van der Waals surface area contributed by atoms with Crippen LogP contribution in [-0.4, -0.2) is 40.3 Å². The summed E-state index contributed by atoms with van der Waals surface area (Å²) in [6.45, 7) is 5.43. The summed E-state index contributed by atoms with van der Waals surface area (Å²) in [5, 5.41) is 11.8. The highest BCUT2D eigenvalue weighted by atomic mass is 32.2. The standard InChI is InChI=1S/C13H23NO4S/c1-13(2,3)18-12(17)14-10-5-7-19-6-4-9(10)8-11(15)16/h9-10H,4-8H2,1-3H3,(H,14,17)(H,15,16)/t9-,10+/m0/s1. The maximum atomic E-state index is 11.8. The fraction of sp³-hybridized carbons (Fsp3) is 0.846. The minimum atomic E-state index is -0.812. The number of nitrogens with one attached hydrogen (secondary N) is 1. The molecule has 19 heavy (non-hydrogen) atoms. The number of thioether (sulfide) groups is 1. The Morgan fingerprint density at radius 2 is 1.95 bits per heavy atom. The maximum Gasteiger partial charge on any atom is 0.407 e. The van der Waals surface area contributed by atoms with Crippen LogP contribution in [-0.2, 0) is 9.53 Å². The fourth-order valence-corrected chi connectivity index (χ4v) is 3.20. The monoisotopic (exact) mass is 289 g/mol. The van der Waals surface area contributed by atoms with E-state index in [9.17, 15) is 9.59 Å². The molecule has 0 aromatic carbocycles. The summed E-state index contributed by atoms with van der Waals surface area (Å²) in [7, 11) is 0. The summed E-state index contributed by atoms with van der Waals surface area (Å²) in [5.41, 5.74) is -0.536. The molecule has 2 atom stereocenters. The zero-order valence-corrected chi connectivity index (χ0v) is 12.6. The Morgan fingerprint density at radius 3 is 2.53 bits per heavy atom. The quantitative estimate of drug-likeness (QED) is 0.835. The van der Waals surface area contributed by atoms with Crippen LogP contribution in [0.25, 0.3) is 0 Å². The van der Waals surface area contributed by atoms with Gasteiger partial charge in [-0.05, 0) is 51.0 Å². The number of carbonyl (C=O) groups excluding carboxylic acids is 1. The van der Waals surface area contributed by atoms with E-state index in [2.05, 4.69) is 5.32 Å². The summed E-state index contributed by atoms with van der Waals surface area (Å²) < 4.78 is 5.23. The van der Waals surface area contributed by atoms with Gasteiger partial charge in [0.1, 0.15) is 5.60 Å². The molecule has 2 N–H and O–H groups in total. The van der Waals surface area contributed by atoms with Crippen LogP contribution < -0.4 is 5.32 Å². The molecule has 0 aromatic heterocycles. The van der Waals surface area contributed by atoms with Crippen LogP contribution in [0, 0.1) is 5.92 Å². The third-order valence-corrected chi connectivity index (χ3v) is 3.96. The van der Waals surface area contributed by atoms with Crippen molar-refractivity contribution in [3.63, 3.8) is 0 Å². The van der Waals surface area contributed by atoms with E-state index in [-0.39, 0.29) is 18.4 Å². The van der Waals surface area contributed by atoms with Crippen molar-refractivity contribution >= 4 is 23.8 Å². The molecule has 1 heterocycles. The number of carboxylic acids is 1. The molecule has 110 valence electrons. The van der Waals surface area contributed by atoms with Crippen LogP contribution in [0.5, 0.6) is 0 Å². The number of hydrogen-bond donors (Lipinski definition) is 2. The molecular formula is C13H23NO4S. The topological polar surface area (TPSA) is 75.6 Å². The Labute approximate surface area is 118 Å². The van der Waals surface area contributed by atoms with E-state index in [1.165, 1.54) is 0 Å². The largest absolute Gasteiger partial charge is 0.481 e. The molecule has 1 aliphatic heterocycles. The first-order valence-corrected chi connectivity index (χ1v) is 7.72. The van der Waals surface area contributed by atoms with Crippen LogP contribution in [0.3, 0.4) is 0 Å². The van der Waals surface area contributed by atoms with Crippen LogP contribution >= 0.6 is 11.8 Å². The first kappa shape index (κ1) is 16.1. The molecule has 6 heteroatoms. The molecule has 5 nitrogen and oxygen atoms in total. The lowest BCUT2D eigenvalue weighted by molar-refractivity contribution is -0.138. The molecule has 0 bridgehead atoms. The molecule has 0 saturated carbocycles. The lowest BCUT2D eigenvalue weighted by Crippen LogP contribution is -2.43.